The van der Waals surface area contributed by atoms with Crippen LogP contribution in [0.1, 0.15) is 31.4 Å². The Hall–Kier alpha value is -1.70. The van der Waals surface area contributed by atoms with Crippen LogP contribution in [0.15, 0.2) is 47.9 Å². The third kappa shape index (κ3) is 3.46. The molecule has 23 heavy (non-hydrogen) atoms. The van der Waals surface area contributed by atoms with Gasteiger partial charge in [0, 0.05) is 37.3 Å². The predicted octanol–water partition coefficient (Wildman–Crippen LogP) is 1.50. The second kappa shape index (κ2) is 6.43. The van der Waals surface area contributed by atoms with E-state index >= 15 is 0 Å². The maximum atomic E-state index is 12.6. The second-order valence-electron chi connectivity index (χ2n) is 6.16. The van der Waals surface area contributed by atoms with Crippen LogP contribution in [0.5, 0.6) is 0 Å². The van der Waals surface area contributed by atoms with Gasteiger partial charge in [-0.3, -0.25) is 0 Å². The molecule has 2 atom stereocenters. The summed E-state index contributed by atoms with van der Waals surface area (Å²) in [5, 5.41) is 3.34. The molecule has 1 fully saturated rings. The minimum atomic E-state index is -3.62. The monoisotopic (exact) mass is 334 g/mol. The van der Waals surface area contributed by atoms with Crippen molar-refractivity contribution >= 4 is 10.0 Å². The molecule has 0 aliphatic carbocycles. The molecule has 0 bridgehead atoms. The highest BCUT2D eigenvalue weighted by Crippen LogP contribution is 2.24. The van der Waals surface area contributed by atoms with Crippen LogP contribution in [0.3, 0.4) is 0 Å². The summed E-state index contributed by atoms with van der Waals surface area (Å²) in [7, 11) is -3.62. The Bertz CT molecular complexity index is 755. The smallest absolute Gasteiger partial charge is 0.259 e. The Balaban J connectivity index is 1.79. The molecule has 0 saturated carbocycles. The summed E-state index contributed by atoms with van der Waals surface area (Å²) in [6, 6.07) is 9.98. The highest BCUT2D eigenvalue weighted by Gasteiger charge is 2.32. The van der Waals surface area contributed by atoms with Crippen molar-refractivity contribution in [3.8, 4) is 0 Å². The van der Waals surface area contributed by atoms with Crippen LogP contribution in [0.25, 0.3) is 0 Å². The summed E-state index contributed by atoms with van der Waals surface area (Å²) in [5.74, 6) is 0.123. The molecule has 3 rings (SSSR count). The maximum Gasteiger partial charge on any atom is 0.259 e. The van der Waals surface area contributed by atoms with E-state index in [-0.39, 0.29) is 23.0 Å². The molecule has 1 saturated heterocycles. The van der Waals surface area contributed by atoms with Crippen molar-refractivity contribution in [1.29, 1.82) is 0 Å². The average molecular weight is 334 g/mol. The van der Waals surface area contributed by atoms with E-state index in [4.69, 9.17) is 0 Å². The van der Waals surface area contributed by atoms with Crippen molar-refractivity contribution in [2.75, 3.05) is 13.1 Å². The van der Waals surface area contributed by atoms with E-state index in [0.717, 1.165) is 12.1 Å². The van der Waals surface area contributed by atoms with E-state index in [9.17, 15) is 8.42 Å². The standard InChI is InChI=1S/C16H22N4O2S/c1-12(2)20-10-16(18-11-20)23(21,22)19-15-9-17-8-14(15)13-6-4-3-5-7-13/h3-7,10-12,14-15,17,19H,8-9H2,1-2H3/t14-,15+/m0/s1. The first-order valence-corrected chi connectivity index (χ1v) is 9.27. The van der Waals surface area contributed by atoms with Crippen LogP contribution in [0.4, 0.5) is 0 Å². The van der Waals surface area contributed by atoms with Crippen molar-refractivity contribution in [2.45, 2.75) is 36.9 Å². The lowest BCUT2D eigenvalue weighted by Crippen LogP contribution is -2.39. The van der Waals surface area contributed by atoms with Crippen molar-refractivity contribution in [1.82, 2.24) is 19.6 Å². The number of hydrogen-bond acceptors (Lipinski definition) is 4. The average Bonchev–Trinajstić information content (AvgIpc) is 3.17. The zero-order valence-electron chi connectivity index (χ0n) is 13.3. The maximum absolute atomic E-state index is 12.6. The number of hydrogen-bond donors (Lipinski definition) is 2. The summed E-state index contributed by atoms with van der Waals surface area (Å²) in [4.78, 5) is 4.04. The fourth-order valence-electron chi connectivity index (χ4n) is 2.85. The molecular weight excluding hydrogens is 312 g/mol. The number of imidazole rings is 1. The quantitative estimate of drug-likeness (QED) is 0.869. The normalized spacial score (nSPS) is 21.9. The molecule has 7 heteroatoms. The molecule has 1 aliphatic heterocycles. The lowest BCUT2D eigenvalue weighted by atomic mass is 9.95. The van der Waals surface area contributed by atoms with Gasteiger partial charge in [0.25, 0.3) is 10.0 Å². The van der Waals surface area contributed by atoms with E-state index in [1.807, 2.05) is 44.2 Å². The predicted molar refractivity (Wildman–Crippen MR) is 88.8 cm³/mol. The molecule has 2 N–H and O–H groups in total. The summed E-state index contributed by atoms with van der Waals surface area (Å²) in [6.07, 6.45) is 3.13. The molecule has 6 nitrogen and oxygen atoms in total. The van der Waals surface area contributed by atoms with Gasteiger partial charge in [0.2, 0.25) is 0 Å². The van der Waals surface area contributed by atoms with Crippen molar-refractivity contribution in [3.05, 3.63) is 48.4 Å². The first kappa shape index (κ1) is 16.2. The second-order valence-corrected chi connectivity index (χ2v) is 7.82. The molecule has 1 aromatic carbocycles. The third-order valence-corrected chi connectivity index (χ3v) is 5.57. The first-order chi connectivity index (χ1) is 11.0. The zero-order chi connectivity index (χ0) is 16.4. The number of aromatic nitrogens is 2. The van der Waals surface area contributed by atoms with Crippen molar-refractivity contribution < 1.29 is 8.42 Å². The topological polar surface area (TPSA) is 76.0 Å². The van der Waals surface area contributed by atoms with E-state index in [1.165, 1.54) is 0 Å². The van der Waals surface area contributed by atoms with Gasteiger partial charge in [-0.15, -0.1) is 0 Å². The van der Waals surface area contributed by atoms with Crippen LogP contribution >= 0.6 is 0 Å². The summed E-state index contributed by atoms with van der Waals surface area (Å²) in [5.41, 5.74) is 1.14. The molecule has 0 amide bonds. The molecule has 0 unspecified atom stereocenters. The van der Waals surface area contributed by atoms with E-state index < -0.39 is 10.0 Å². The molecule has 2 aromatic rings. The van der Waals surface area contributed by atoms with Gasteiger partial charge in [0.15, 0.2) is 5.03 Å². The SMILES string of the molecule is CC(C)n1cnc(S(=O)(=O)N[C@@H]2CNC[C@H]2c2ccccc2)c1. The van der Waals surface area contributed by atoms with Gasteiger partial charge in [-0.2, -0.15) is 0 Å². The first-order valence-electron chi connectivity index (χ1n) is 7.79. The highest BCUT2D eigenvalue weighted by molar-refractivity contribution is 7.89. The Morgan fingerprint density at radius 2 is 2.00 bits per heavy atom. The van der Waals surface area contributed by atoms with Gasteiger partial charge in [-0.1, -0.05) is 30.3 Å². The zero-order valence-corrected chi connectivity index (χ0v) is 14.1. The van der Waals surface area contributed by atoms with Crippen LogP contribution in [0.2, 0.25) is 0 Å². The number of nitrogens with one attached hydrogen (secondary N) is 2. The number of nitrogens with zero attached hydrogens (tertiary/aromatic N) is 2. The van der Waals surface area contributed by atoms with Gasteiger partial charge in [0.05, 0.1) is 6.33 Å². The number of benzene rings is 1. The minimum absolute atomic E-state index is 0.0740. The minimum Gasteiger partial charge on any atom is -0.334 e. The molecule has 1 aromatic heterocycles. The van der Waals surface area contributed by atoms with Crippen LogP contribution < -0.4 is 10.0 Å². The summed E-state index contributed by atoms with van der Waals surface area (Å²) >= 11 is 0. The third-order valence-electron chi connectivity index (χ3n) is 4.20. The van der Waals surface area contributed by atoms with Gasteiger partial charge in [0.1, 0.15) is 0 Å². The van der Waals surface area contributed by atoms with Gasteiger partial charge in [-0.05, 0) is 19.4 Å². The lowest BCUT2D eigenvalue weighted by Gasteiger charge is -2.19. The van der Waals surface area contributed by atoms with E-state index in [0.29, 0.717) is 6.54 Å². The largest absolute Gasteiger partial charge is 0.334 e. The Morgan fingerprint density at radius 3 is 2.65 bits per heavy atom. The highest BCUT2D eigenvalue weighted by atomic mass is 32.2. The molecular formula is C16H22N4O2S. The van der Waals surface area contributed by atoms with Crippen molar-refractivity contribution in [2.24, 2.45) is 0 Å². The summed E-state index contributed by atoms with van der Waals surface area (Å²) < 4.78 is 29.8. The van der Waals surface area contributed by atoms with E-state index in [1.54, 1.807) is 17.1 Å². The number of sulfonamides is 1. The Labute approximate surface area is 137 Å². The molecule has 0 spiro atoms. The summed E-state index contributed by atoms with van der Waals surface area (Å²) in [6.45, 7) is 5.34. The Kier molecular flexibility index (Phi) is 4.52. The number of rotatable bonds is 5. The Morgan fingerprint density at radius 1 is 1.26 bits per heavy atom. The van der Waals surface area contributed by atoms with Gasteiger partial charge in [-0.25, -0.2) is 18.1 Å². The lowest BCUT2D eigenvalue weighted by molar-refractivity contribution is 0.538. The van der Waals surface area contributed by atoms with Crippen molar-refractivity contribution in [3.63, 3.8) is 0 Å². The van der Waals surface area contributed by atoms with Crippen LogP contribution in [-0.4, -0.2) is 37.1 Å². The van der Waals surface area contributed by atoms with Gasteiger partial charge < -0.3 is 9.88 Å². The molecule has 2 heterocycles. The molecule has 124 valence electrons. The fourth-order valence-corrected chi connectivity index (χ4v) is 4.06. The van der Waals surface area contributed by atoms with Gasteiger partial charge >= 0.3 is 0 Å². The van der Waals surface area contributed by atoms with Crippen LogP contribution in [-0.2, 0) is 10.0 Å². The van der Waals surface area contributed by atoms with E-state index in [2.05, 4.69) is 15.0 Å². The molecule has 0 radical (unpaired) electrons. The molecule has 1 aliphatic rings. The van der Waals surface area contributed by atoms with Crippen LogP contribution in [0, 0.1) is 0 Å². The fraction of sp³-hybridized carbons (Fsp3) is 0.438.